The van der Waals surface area contributed by atoms with Crippen LogP contribution in [0.5, 0.6) is 0 Å². The number of amides is 2. The SMILES string of the molecule is O=C(C[S+]([O-])CC(F)(F)F)O[N+]1(O)C(=O)CCC1=O. The molecule has 19 heavy (non-hydrogen) atoms. The van der Waals surface area contributed by atoms with E-state index >= 15 is 0 Å². The molecule has 1 fully saturated rings. The minimum Gasteiger partial charge on any atom is -0.616 e. The molecule has 0 spiro atoms. The maximum atomic E-state index is 11.9. The number of nitrogens with zero attached hydrogens (tertiary/aromatic N) is 1. The molecule has 0 aliphatic carbocycles. The number of hydroxylamine groups is 4. The van der Waals surface area contributed by atoms with Gasteiger partial charge in [-0.05, 0) is 11.2 Å². The first-order chi connectivity index (χ1) is 8.54. The van der Waals surface area contributed by atoms with Gasteiger partial charge in [-0.15, -0.1) is 0 Å². The van der Waals surface area contributed by atoms with Gasteiger partial charge in [0.05, 0.1) is 12.8 Å². The van der Waals surface area contributed by atoms with Crippen LogP contribution in [0.1, 0.15) is 12.8 Å². The van der Waals surface area contributed by atoms with E-state index in [-0.39, 0.29) is 12.8 Å². The molecule has 0 aromatic rings. The lowest BCUT2D eigenvalue weighted by atomic mass is 10.4. The second-order valence-corrected chi connectivity index (χ2v) is 5.13. The van der Waals surface area contributed by atoms with Crippen LogP contribution in [0.3, 0.4) is 0 Å². The Morgan fingerprint density at radius 1 is 1.37 bits per heavy atom. The summed E-state index contributed by atoms with van der Waals surface area (Å²) in [6, 6.07) is 0. The van der Waals surface area contributed by atoms with Crippen LogP contribution in [0.2, 0.25) is 0 Å². The molecule has 1 heterocycles. The molecule has 1 unspecified atom stereocenters. The van der Waals surface area contributed by atoms with Gasteiger partial charge in [-0.1, -0.05) is 0 Å². The van der Waals surface area contributed by atoms with Gasteiger partial charge in [-0.3, -0.25) is 0 Å². The van der Waals surface area contributed by atoms with Gasteiger partial charge in [-0.25, -0.2) is 19.2 Å². The number of carbonyl (C=O) groups is 3. The predicted molar refractivity (Wildman–Crippen MR) is 51.3 cm³/mol. The Labute approximate surface area is 107 Å². The third kappa shape index (κ3) is 4.16. The average Bonchev–Trinajstić information content (AvgIpc) is 2.42. The van der Waals surface area contributed by atoms with Gasteiger partial charge in [0.2, 0.25) is 11.5 Å². The highest BCUT2D eigenvalue weighted by Gasteiger charge is 2.56. The van der Waals surface area contributed by atoms with Crippen LogP contribution in [-0.2, 0) is 30.4 Å². The third-order valence-electron chi connectivity index (χ3n) is 2.07. The van der Waals surface area contributed by atoms with Gasteiger partial charge < -0.3 is 4.55 Å². The van der Waals surface area contributed by atoms with Gasteiger partial charge in [0.1, 0.15) is 4.81 Å². The highest BCUT2D eigenvalue weighted by Crippen LogP contribution is 2.22. The molecule has 1 aliphatic heterocycles. The molecular formula is C8H9F3NO6S+. The number of rotatable bonds is 4. The zero-order valence-corrected chi connectivity index (χ0v) is 10.1. The Hall–Kier alpha value is -1.17. The predicted octanol–water partition coefficient (Wildman–Crippen LogP) is -0.191. The molecule has 1 rings (SSSR count). The van der Waals surface area contributed by atoms with E-state index in [1.54, 1.807) is 0 Å². The molecule has 0 aromatic carbocycles. The van der Waals surface area contributed by atoms with Crippen molar-refractivity contribution in [2.24, 2.45) is 0 Å². The summed E-state index contributed by atoms with van der Waals surface area (Å²) in [5, 5.41) is 9.42. The molecule has 108 valence electrons. The normalized spacial score (nSPS) is 20.5. The zero-order valence-electron chi connectivity index (χ0n) is 9.31. The molecule has 1 N–H and O–H groups in total. The van der Waals surface area contributed by atoms with Crippen molar-refractivity contribution in [1.29, 1.82) is 0 Å². The van der Waals surface area contributed by atoms with Crippen LogP contribution in [-0.4, -0.2) is 50.0 Å². The lowest BCUT2D eigenvalue weighted by Crippen LogP contribution is -2.51. The summed E-state index contributed by atoms with van der Waals surface area (Å²) in [6.45, 7) is 0. The third-order valence-corrected chi connectivity index (χ3v) is 3.27. The second kappa shape index (κ2) is 5.45. The van der Waals surface area contributed by atoms with Gasteiger partial charge in [-0.2, -0.15) is 18.4 Å². The smallest absolute Gasteiger partial charge is 0.433 e. The zero-order chi connectivity index (χ0) is 14.8. The summed E-state index contributed by atoms with van der Waals surface area (Å²) in [7, 11) is 0. The molecule has 0 aromatic heterocycles. The highest BCUT2D eigenvalue weighted by atomic mass is 32.2. The van der Waals surface area contributed by atoms with E-state index in [4.69, 9.17) is 0 Å². The number of hydrogen-bond donors (Lipinski definition) is 1. The van der Waals surface area contributed by atoms with Crippen molar-refractivity contribution in [3.05, 3.63) is 0 Å². The van der Waals surface area contributed by atoms with Crippen molar-refractivity contribution in [2.75, 3.05) is 11.5 Å². The van der Waals surface area contributed by atoms with E-state index in [9.17, 15) is 37.3 Å². The molecule has 0 saturated carbocycles. The van der Waals surface area contributed by atoms with Crippen molar-refractivity contribution in [2.45, 2.75) is 19.0 Å². The molecule has 0 radical (unpaired) electrons. The highest BCUT2D eigenvalue weighted by molar-refractivity contribution is 7.92. The fourth-order valence-corrected chi connectivity index (χ4v) is 2.08. The summed E-state index contributed by atoms with van der Waals surface area (Å²) in [4.78, 5) is 35.2. The van der Waals surface area contributed by atoms with Gasteiger partial charge in [0.15, 0.2) is 0 Å². The van der Waals surface area contributed by atoms with Gasteiger partial charge in [0.25, 0.3) is 0 Å². The maximum absolute atomic E-state index is 11.9. The lowest BCUT2D eigenvalue weighted by molar-refractivity contribution is -1.12. The Balaban J connectivity index is 2.56. The summed E-state index contributed by atoms with van der Waals surface area (Å²) < 4.78 is 46.5. The average molecular weight is 304 g/mol. The maximum Gasteiger partial charge on any atom is 0.433 e. The largest absolute Gasteiger partial charge is 0.616 e. The second-order valence-electron chi connectivity index (χ2n) is 3.67. The monoisotopic (exact) mass is 304 g/mol. The molecule has 2 amide bonds. The summed E-state index contributed by atoms with van der Waals surface area (Å²) >= 11 is -2.60. The van der Waals surface area contributed by atoms with Crippen LogP contribution < -0.4 is 0 Å². The van der Waals surface area contributed by atoms with E-state index in [1.165, 1.54) is 0 Å². The number of carbonyl (C=O) groups excluding carboxylic acids is 3. The van der Waals surface area contributed by atoms with Crippen molar-refractivity contribution in [1.82, 2.24) is 0 Å². The van der Waals surface area contributed by atoms with E-state index in [1.807, 2.05) is 0 Å². The van der Waals surface area contributed by atoms with Crippen LogP contribution in [0.25, 0.3) is 0 Å². The first-order valence-corrected chi connectivity index (χ1v) is 6.36. The summed E-state index contributed by atoms with van der Waals surface area (Å²) in [6.07, 6.45) is -5.43. The molecule has 1 aliphatic rings. The van der Waals surface area contributed by atoms with E-state index in [0.717, 1.165) is 0 Å². The van der Waals surface area contributed by atoms with Crippen molar-refractivity contribution in [3.63, 3.8) is 0 Å². The van der Waals surface area contributed by atoms with Crippen molar-refractivity contribution in [3.8, 4) is 0 Å². The number of hydrogen-bond acceptors (Lipinski definition) is 6. The first-order valence-electron chi connectivity index (χ1n) is 4.87. The molecule has 1 atom stereocenters. The Morgan fingerprint density at radius 3 is 2.26 bits per heavy atom. The Morgan fingerprint density at radius 2 is 1.84 bits per heavy atom. The van der Waals surface area contributed by atoms with Crippen LogP contribution >= 0.6 is 0 Å². The quantitative estimate of drug-likeness (QED) is 0.334. The van der Waals surface area contributed by atoms with E-state index < -0.39 is 51.5 Å². The van der Waals surface area contributed by atoms with Crippen molar-refractivity contribution < 1.29 is 47.0 Å². The standard InChI is InChI=1S/C8H9F3NO6S/c9-8(10,11)4-19(17)3-7(15)18-12(16)5(13)1-2-6(12)14/h16H,1-4H2/q+1. The minimum atomic E-state index is -4.73. The summed E-state index contributed by atoms with van der Waals surface area (Å²) in [5.41, 5.74) is 0. The van der Waals surface area contributed by atoms with Crippen LogP contribution in [0.4, 0.5) is 13.2 Å². The molecule has 0 bridgehead atoms. The number of alkyl halides is 3. The lowest BCUT2D eigenvalue weighted by Gasteiger charge is -2.16. The van der Waals surface area contributed by atoms with E-state index in [0.29, 0.717) is 0 Å². The minimum absolute atomic E-state index is 0.353. The fourth-order valence-electron chi connectivity index (χ4n) is 1.30. The molecule has 11 heteroatoms. The van der Waals surface area contributed by atoms with Crippen molar-refractivity contribution >= 4 is 29.0 Å². The Bertz CT molecular complexity index is 396. The fraction of sp³-hybridized carbons (Fsp3) is 0.625. The van der Waals surface area contributed by atoms with Crippen LogP contribution in [0.15, 0.2) is 0 Å². The topological polar surface area (TPSA) is 104 Å². The molecular weight excluding hydrogens is 295 g/mol. The van der Waals surface area contributed by atoms with Gasteiger partial charge in [0, 0.05) is 0 Å². The first kappa shape index (κ1) is 15.9. The molecule has 1 saturated heterocycles. The Kier molecular flexibility index (Phi) is 4.55. The number of quaternary nitrogens is 1. The summed E-state index contributed by atoms with van der Waals surface area (Å²) in [5.74, 6) is -6.66. The number of imide groups is 1. The van der Waals surface area contributed by atoms with Crippen LogP contribution in [0, 0.1) is 0 Å². The molecule has 7 nitrogen and oxygen atoms in total. The van der Waals surface area contributed by atoms with Gasteiger partial charge >= 0.3 is 24.0 Å². The van der Waals surface area contributed by atoms with E-state index in [2.05, 4.69) is 4.84 Å². The number of halogens is 3.